The maximum Gasteiger partial charge on any atom is 0.309 e. The van der Waals surface area contributed by atoms with Crippen LogP contribution in [0.5, 0.6) is 0 Å². The molecule has 1 saturated heterocycles. The normalized spacial score (nSPS) is 14.8. The Morgan fingerprint density at radius 3 is 2.73 bits per heavy atom. The van der Waals surface area contributed by atoms with Crippen LogP contribution >= 0.6 is 11.3 Å². The van der Waals surface area contributed by atoms with E-state index < -0.39 is 5.91 Å². The van der Waals surface area contributed by atoms with Crippen molar-refractivity contribution in [1.82, 2.24) is 9.97 Å². The van der Waals surface area contributed by atoms with E-state index in [2.05, 4.69) is 28.7 Å². The molecule has 0 aliphatic carbocycles. The Kier molecular flexibility index (Phi) is 5.67. The van der Waals surface area contributed by atoms with E-state index in [9.17, 15) is 9.59 Å². The fourth-order valence-electron chi connectivity index (χ4n) is 3.82. The van der Waals surface area contributed by atoms with Crippen molar-refractivity contribution in [3.63, 3.8) is 0 Å². The second kappa shape index (κ2) is 8.39. The van der Waals surface area contributed by atoms with Crippen LogP contribution in [0.2, 0.25) is 0 Å². The van der Waals surface area contributed by atoms with Gasteiger partial charge >= 0.3 is 5.97 Å². The lowest BCUT2D eigenvalue weighted by Crippen LogP contribution is -2.37. The molecule has 0 radical (unpaired) electrons. The largest absolute Gasteiger partial charge is 0.461 e. The predicted octanol–water partition coefficient (Wildman–Crippen LogP) is 3.37. The quantitative estimate of drug-likeness (QED) is 0.631. The van der Waals surface area contributed by atoms with E-state index in [1.165, 1.54) is 10.4 Å². The summed E-state index contributed by atoms with van der Waals surface area (Å²) < 4.78 is 5.50. The van der Waals surface area contributed by atoms with Crippen molar-refractivity contribution in [2.24, 2.45) is 11.7 Å². The minimum atomic E-state index is -0.495. The van der Waals surface area contributed by atoms with Crippen LogP contribution in [0.4, 0.5) is 5.82 Å². The first-order valence-electron chi connectivity index (χ1n) is 9.95. The highest BCUT2D eigenvalue weighted by molar-refractivity contribution is 7.18. The molecule has 1 amide bonds. The van der Waals surface area contributed by atoms with Crippen LogP contribution in [-0.2, 0) is 16.1 Å². The Balaban J connectivity index is 1.37. The van der Waals surface area contributed by atoms with Gasteiger partial charge in [-0.05, 0) is 49.9 Å². The molecule has 1 aromatic carbocycles. The zero-order chi connectivity index (χ0) is 21.3. The number of thiophene rings is 1. The first-order valence-corrected chi connectivity index (χ1v) is 10.8. The number of hydrogen-bond donors (Lipinski definition) is 1. The van der Waals surface area contributed by atoms with Gasteiger partial charge in [-0.25, -0.2) is 9.97 Å². The van der Waals surface area contributed by atoms with Crippen molar-refractivity contribution in [3.8, 4) is 0 Å². The molecule has 1 fully saturated rings. The molecule has 2 aromatic heterocycles. The van der Waals surface area contributed by atoms with Crippen molar-refractivity contribution >= 4 is 39.2 Å². The van der Waals surface area contributed by atoms with Crippen molar-refractivity contribution in [1.29, 1.82) is 0 Å². The fourth-order valence-corrected chi connectivity index (χ4v) is 4.81. The average molecular weight is 425 g/mol. The molecule has 8 heteroatoms. The van der Waals surface area contributed by atoms with E-state index in [1.807, 2.05) is 6.07 Å². The number of nitrogens with zero attached hydrogens (tertiary/aromatic N) is 3. The minimum absolute atomic E-state index is 0.136. The zero-order valence-corrected chi connectivity index (χ0v) is 17.9. The van der Waals surface area contributed by atoms with Crippen molar-refractivity contribution in [2.45, 2.75) is 33.3 Å². The van der Waals surface area contributed by atoms with Crippen LogP contribution < -0.4 is 10.6 Å². The number of rotatable bonds is 5. The number of hydrogen-bond acceptors (Lipinski definition) is 7. The third kappa shape index (κ3) is 4.00. The molecule has 156 valence electrons. The maximum atomic E-state index is 12.5. The van der Waals surface area contributed by atoms with Gasteiger partial charge in [0.2, 0.25) is 5.91 Å². The van der Waals surface area contributed by atoms with Crippen LogP contribution in [0.1, 0.15) is 39.2 Å². The summed E-state index contributed by atoms with van der Waals surface area (Å²) in [5.41, 5.74) is 7.69. The SMILES string of the molecule is Cc1sc2ncnc(N3CCC(C(=O)OCc4cccc(C(N)=O)c4)CC3)c2c1C. The number of aryl methyl sites for hydroxylation is 2. The molecular weight excluding hydrogens is 400 g/mol. The summed E-state index contributed by atoms with van der Waals surface area (Å²) in [6.45, 7) is 5.85. The van der Waals surface area contributed by atoms with E-state index in [0.717, 1.165) is 34.7 Å². The van der Waals surface area contributed by atoms with Gasteiger partial charge in [0.25, 0.3) is 0 Å². The summed E-state index contributed by atoms with van der Waals surface area (Å²) in [6.07, 6.45) is 3.05. The molecule has 2 N–H and O–H groups in total. The number of carbonyl (C=O) groups excluding carboxylic acids is 2. The van der Waals surface area contributed by atoms with Crippen LogP contribution in [0, 0.1) is 19.8 Å². The monoisotopic (exact) mass is 424 g/mol. The van der Waals surface area contributed by atoms with Crippen molar-refractivity contribution in [3.05, 3.63) is 52.2 Å². The molecule has 0 unspecified atom stereocenters. The van der Waals surface area contributed by atoms with Gasteiger partial charge in [0.05, 0.1) is 11.3 Å². The summed E-state index contributed by atoms with van der Waals surface area (Å²) in [4.78, 5) is 37.3. The van der Waals surface area contributed by atoms with Crippen LogP contribution in [0.15, 0.2) is 30.6 Å². The summed E-state index contributed by atoms with van der Waals surface area (Å²) in [5, 5.41) is 1.12. The van der Waals surface area contributed by atoms with E-state index in [0.29, 0.717) is 18.4 Å². The smallest absolute Gasteiger partial charge is 0.309 e. The van der Waals surface area contributed by atoms with E-state index in [1.54, 1.807) is 35.9 Å². The summed E-state index contributed by atoms with van der Waals surface area (Å²) in [5.74, 6) is 0.125. The Morgan fingerprint density at radius 1 is 1.23 bits per heavy atom. The lowest BCUT2D eigenvalue weighted by atomic mass is 9.96. The highest BCUT2D eigenvalue weighted by Gasteiger charge is 2.28. The van der Waals surface area contributed by atoms with E-state index in [-0.39, 0.29) is 18.5 Å². The summed E-state index contributed by atoms with van der Waals surface area (Å²) in [6, 6.07) is 6.85. The molecule has 1 aliphatic heterocycles. The van der Waals surface area contributed by atoms with Crippen molar-refractivity contribution < 1.29 is 14.3 Å². The molecule has 7 nitrogen and oxygen atoms in total. The second-order valence-electron chi connectivity index (χ2n) is 7.59. The van der Waals surface area contributed by atoms with Crippen molar-refractivity contribution in [2.75, 3.05) is 18.0 Å². The van der Waals surface area contributed by atoms with Gasteiger partial charge in [0, 0.05) is 23.5 Å². The Hall–Kier alpha value is -3.00. The molecule has 3 aromatic rings. The number of amides is 1. The van der Waals surface area contributed by atoms with Gasteiger partial charge in [-0.2, -0.15) is 0 Å². The molecule has 3 heterocycles. The predicted molar refractivity (Wildman–Crippen MR) is 117 cm³/mol. The fraction of sp³-hybridized carbons (Fsp3) is 0.364. The zero-order valence-electron chi connectivity index (χ0n) is 17.1. The van der Waals surface area contributed by atoms with Gasteiger partial charge in [-0.3, -0.25) is 9.59 Å². The lowest BCUT2D eigenvalue weighted by molar-refractivity contribution is -0.150. The third-order valence-electron chi connectivity index (χ3n) is 5.67. The first kappa shape index (κ1) is 20.3. The number of anilines is 1. The van der Waals surface area contributed by atoms with E-state index in [4.69, 9.17) is 10.5 Å². The second-order valence-corrected chi connectivity index (χ2v) is 8.80. The van der Waals surface area contributed by atoms with Gasteiger partial charge in [-0.15, -0.1) is 11.3 Å². The van der Waals surface area contributed by atoms with Gasteiger partial charge in [0.1, 0.15) is 23.6 Å². The van der Waals surface area contributed by atoms with Gasteiger partial charge in [0.15, 0.2) is 0 Å². The molecule has 0 saturated carbocycles. The van der Waals surface area contributed by atoms with Gasteiger partial charge < -0.3 is 15.4 Å². The van der Waals surface area contributed by atoms with Crippen LogP contribution in [0.3, 0.4) is 0 Å². The average Bonchev–Trinajstić information content (AvgIpc) is 3.06. The number of aromatic nitrogens is 2. The Labute approximate surface area is 178 Å². The first-order chi connectivity index (χ1) is 14.4. The third-order valence-corrected chi connectivity index (χ3v) is 6.78. The number of nitrogens with two attached hydrogens (primary N) is 1. The number of primary amides is 1. The topological polar surface area (TPSA) is 98.4 Å². The van der Waals surface area contributed by atoms with Crippen LogP contribution in [-0.4, -0.2) is 34.9 Å². The Bertz CT molecular complexity index is 1100. The molecule has 0 bridgehead atoms. The molecular formula is C22H24N4O3S. The standard InChI is InChI=1S/C22H24N4O3S/c1-13-14(2)30-21-18(13)20(24-12-25-21)26-8-6-16(7-9-26)22(28)29-11-15-4-3-5-17(10-15)19(23)27/h3-5,10,12,16H,6-9,11H2,1-2H3,(H2,23,27). The molecule has 4 rings (SSSR count). The summed E-state index contributed by atoms with van der Waals surface area (Å²) in [7, 11) is 0. The highest BCUT2D eigenvalue weighted by Crippen LogP contribution is 2.35. The number of benzene rings is 1. The highest BCUT2D eigenvalue weighted by atomic mass is 32.1. The molecule has 30 heavy (non-hydrogen) atoms. The Morgan fingerprint density at radius 2 is 2.00 bits per heavy atom. The summed E-state index contributed by atoms with van der Waals surface area (Å²) >= 11 is 1.69. The molecule has 1 aliphatic rings. The number of fused-ring (bicyclic) bond motifs is 1. The number of carbonyl (C=O) groups is 2. The molecule has 0 spiro atoms. The number of ether oxygens (including phenoxy) is 1. The van der Waals surface area contributed by atoms with E-state index >= 15 is 0 Å². The van der Waals surface area contributed by atoms with Crippen LogP contribution in [0.25, 0.3) is 10.2 Å². The minimum Gasteiger partial charge on any atom is -0.461 e. The van der Waals surface area contributed by atoms with Gasteiger partial charge in [-0.1, -0.05) is 12.1 Å². The maximum absolute atomic E-state index is 12.5. The molecule has 0 atom stereocenters. The number of piperidine rings is 1. The lowest BCUT2D eigenvalue weighted by Gasteiger charge is -2.32. The number of esters is 1.